The second-order valence-corrected chi connectivity index (χ2v) is 4.60. The van der Waals surface area contributed by atoms with E-state index in [0.717, 1.165) is 0 Å². The topological polar surface area (TPSA) is 26.3 Å². The molecule has 124 valence electrons. The largest absolute Gasteiger partial charge is 0.460 e. The van der Waals surface area contributed by atoms with Crippen molar-refractivity contribution in [3.63, 3.8) is 0 Å². The van der Waals surface area contributed by atoms with Crippen molar-refractivity contribution in [1.82, 2.24) is 0 Å². The van der Waals surface area contributed by atoms with E-state index < -0.39 is 30.6 Å². The first-order valence-corrected chi connectivity index (χ1v) is 5.87. The molecule has 0 atom stereocenters. The van der Waals surface area contributed by atoms with Crippen LogP contribution in [0.5, 0.6) is 0 Å². The molecule has 0 heterocycles. The second-order valence-electron chi connectivity index (χ2n) is 4.60. The fourth-order valence-corrected chi connectivity index (χ4v) is 1.50. The zero-order valence-corrected chi connectivity index (χ0v) is 11.4. The fraction of sp³-hybridized carbons (Fsp3) is 0.462. The summed E-state index contributed by atoms with van der Waals surface area (Å²) in [4.78, 5) is 11.6. The van der Waals surface area contributed by atoms with Crippen molar-refractivity contribution in [2.75, 3.05) is 6.61 Å². The summed E-state index contributed by atoms with van der Waals surface area (Å²) in [5, 5.41) is 0. The number of ether oxygens (including phenoxy) is 1. The van der Waals surface area contributed by atoms with Crippen LogP contribution in [0.1, 0.15) is 21.5 Å². The minimum absolute atomic E-state index is 0.189. The highest BCUT2D eigenvalue weighted by atomic mass is 19.4. The van der Waals surface area contributed by atoms with Crippen molar-refractivity contribution in [3.05, 3.63) is 34.9 Å². The number of aryl methyl sites for hydroxylation is 1. The van der Waals surface area contributed by atoms with E-state index in [1.165, 1.54) is 19.1 Å². The van der Waals surface area contributed by atoms with Crippen LogP contribution in [-0.4, -0.2) is 30.6 Å². The molecular formula is C13H11F7O2. The Morgan fingerprint density at radius 3 is 2.09 bits per heavy atom. The van der Waals surface area contributed by atoms with E-state index >= 15 is 0 Å². The number of carbonyl (C=O) groups excluding carboxylic acids is 1. The molecule has 1 rings (SSSR count). The summed E-state index contributed by atoms with van der Waals surface area (Å²) in [6, 6.07) is 4.17. The molecule has 0 fully saturated rings. The number of hydrogen-bond acceptors (Lipinski definition) is 2. The minimum Gasteiger partial charge on any atom is -0.455 e. The molecular weight excluding hydrogens is 321 g/mol. The highest BCUT2D eigenvalue weighted by Gasteiger charge is 2.73. The number of halogens is 7. The first kappa shape index (κ1) is 18.2. The normalized spacial score (nSPS) is 13.1. The Bertz CT molecular complexity index is 564. The molecule has 9 heteroatoms. The molecule has 0 spiro atoms. The van der Waals surface area contributed by atoms with Crippen LogP contribution in [0.4, 0.5) is 30.7 Å². The fourth-order valence-electron chi connectivity index (χ4n) is 1.50. The van der Waals surface area contributed by atoms with Crippen molar-refractivity contribution in [1.29, 1.82) is 0 Å². The third kappa shape index (κ3) is 3.33. The Hall–Kier alpha value is -1.80. The van der Waals surface area contributed by atoms with E-state index in [2.05, 4.69) is 4.74 Å². The Labute approximate surface area is 120 Å². The smallest absolute Gasteiger partial charge is 0.455 e. The van der Waals surface area contributed by atoms with Gasteiger partial charge >= 0.3 is 24.0 Å². The molecule has 0 saturated carbocycles. The summed E-state index contributed by atoms with van der Waals surface area (Å²) in [6.45, 7) is 0.665. The van der Waals surface area contributed by atoms with Crippen molar-refractivity contribution < 1.29 is 40.3 Å². The van der Waals surface area contributed by atoms with Crippen molar-refractivity contribution >= 4 is 5.97 Å². The monoisotopic (exact) mass is 332 g/mol. The van der Waals surface area contributed by atoms with E-state index in [9.17, 15) is 35.5 Å². The van der Waals surface area contributed by atoms with Gasteiger partial charge in [-0.05, 0) is 31.0 Å². The minimum atomic E-state index is -6.46. The number of alkyl halides is 7. The van der Waals surface area contributed by atoms with Crippen molar-refractivity contribution in [2.45, 2.75) is 31.9 Å². The maximum absolute atomic E-state index is 13.0. The second kappa shape index (κ2) is 5.77. The molecule has 0 saturated heterocycles. The average molecular weight is 332 g/mol. The van der Waals surface area contributed by atoms with Gasteiger partial charge in [-0.3, -0.25) is 0 Å². The van der Waals surface area contributed by atoms with Crippen molar-refractivity contribution in [2.24, 2.45) is 0 Å². The summed E-state index contributed by atoms with van der Waals surface area (Å²) in [5.74, 6) is -13.3. The van der Waals surface area contributed by atoms with E-state index in [1.807, 2.05) is 0 Å². The molecule has 0 aliphatic rings. The van der Waals surface area contributed by atoms with E-state index in [0.29, 0.717) is 11.1 Å². The average Bonchev–Trinajstić information content (AvgIpc) is 2.37. The first-order valence-electron chi connectivity index (χ1n) is 5.87. The molecule has 0 bridgehead atoms. The van der Waals surface area contributed by atoms with E-state index in [1.54, 1.807) is 13.0 Å². The van der Waals surface area contributed by atoms with Gasteiger partial charge in [0.05, 0.1) is 5.56 Å². The standard InChI is InChI=1S/C13H11F7O2/c1-7-4-3-5-9(8(7)2)10(21)22-6-11(14,15)12(16,17)13(18,19)20/h3-5H,6H2,1-2H3. The number of benzene rings is 1. The Morgan fingerprint density at radius 1 is 1.05 bits per heavy atom. The SMILES string of the molecule is Cc1cccc(C(=O)OCC(F)(F)C(F)(F)C(F)(F)F)c1C. The lowest BCUT2D eigenvalue weighted by Crippen LogP contribution is -2.54. The van der Waals surface area contributed by atoms with Crippen LogP contribution in [0.25, 0.3) is 0 Å². The summed E-state index contributed by atoms with van der Waals surface area (Å²) in [6.07, 6.45) is -6.46. The van der Waals surface area contributed by atoms with E-state index in [-0.39, 0.29) is 5.56 Å². The van der Waals surface area contributed by atoms with Crippen LogP contribution in [-0.2, 0) is 4.74 Å². The summed E-state index contributed by atoms with van der Waals surface area (Å²) < 4.78 is 91.0. The Kier molecular flexibility index (Phi) is 4.79. The quantitative estimate of drug-likeness (QED) is 0.607. The van der Waals surface area contributed by atoms with Gasteiger partial charge in [-0.15, -0.1) is 0 Å². The molecule has 0 aliphatic carbocycles. The number of carbonyl (C=O) groups is 1. The van der Waals surface area contributed by atoms with Crippen LogP contribution in [0, 0.1) is 13.8 Å². The number of esters is 1. The highest BCUT2D eigenvalue weighted by Crippen LogP contribution is 2.46. The third-order valence-electron chi connectivity index (χ3n) is 3.02. The van der Waals surface area contributed by atoms with E-state index in [4.69, 9.17) is 0 Å². The van der Waals surface area contributed by atoms with Gasteiger partial charge in [0.2, 0.25) is 0 Å². The molecule has 22 heavy (non-hydrogen) atoms. The lowest BCUT2D eigenvalue weighted by Gasteiger charge is -2.27. The first-order chi connectivity index (χ1) is 9.81. The molecule has 0 amide bonds. The molecule has 0 radical (unpaired) electrons. The summed E-state index contributed by atoms with van der Waals surface area (Å²) in [7, 11) is 0. The lowest BCUT2D eigenvalue weighted by atomic mass is 10.0. The van der Waals surface area contributed by atoms with Gasteiger partial charge in [0.1, 0.15) is 0 Å². The zero-order chi connectivity index (χ0) is 17.3. The Morgan fingerprint density at radius 2 is 1.59 bits per heavy atom. The maximum Gasteiger partial charge on any atom is 0.460 e. The molecule has 0 unspecified atom stereocenters. The zero-order valence-electron chi connectivity index (χ0n) is 11.4. The molecule has 1 aromatic rings. The highest BCUT2D eigenvalue weighted by molar-refractivity contribution is 5.91. The number of hydrogen-bond donors (Lipinski definition) is 0. The van der Waals surface area contributed by atoms with Gasteiger partial charge in [0.25, 0.3) is 0 Å². The Balaban J connectivity index is 2.89. The lowest BCUT2D eigenvalue weighted by molar-refractivity contribution is -0.359. The third-order valence-corrected chi connectivity index (χ3v) is 3.02. The van der Waals surface area contributed by atoms with Gasteiger partial charge < -0.3 is 4.74 Å². The van der Waals surface area contributed by atoms with Gasteiger partial charge in [0.15, 0.2) is 6.61 Å². The molecule has 2 nitrogen and oxygen atoms in total. The molecule has 1 aromatic carbocycles. The van der Waals surface area contributed by atoms with Crippen LogP contribution < -0.4 is 0 Å². The van der Waals surface area contributed by atoms with Crippen LogP contribution in [0.3, 0.4) is 0 Å². The number of rotatable bonds is 4. The molecule has 0 aliphatic heterocycles. The van der Waals surface area contributed by atoms with Gasteiger partial charge in [-0.25, -0.2) is 4.79 Å². The van der Waals surface area contributed by atoms with Crippen LogP contribution in [0.2, 0.25) is 0 Å². The van der Waals surface area contributed by atoms with Gasteiger partial charge in [-0.1, -0.05) is 12.1 Å². The summed E-state index contributed by atoms with van der Waals surface area (Å²) in [5.41, 5.74) is 0.756. The van der Waals surface area contributed by atoms with Crippen molar-refractivity contribution in [3.8, 4) is 0 Å². The van der Waals surface area contributed by atoms with Crippen LogP contribution >= 0.6 is 0 Å². The predicted molar refractivity (Wildman–Crippen MR) is 62.1 cm³/mol. The van der Waals surface area contributed by atoms with Gasteiger partial charge in [-0.2, -0.15) is 30.7 Å². The maximum atomic E-state index is 13.0. The van der Waals surface area contributed by atoms with Gasteiger partial charge in [0, 0.05) is 0 Å². The molecule has 0 aromatic heterocycles. The summed E-state index contributed by atoms with van der Waals surface area (Å²) >= 11 is 0. The predicted octanol–water partition coefficient (Wildman–Crippen LogP) is 4.29. The van der Waals surface area contributed by atoms with Crippen LogP contribution in [0.15, 0.2) is 18.2 Å². The molecule has 0 N–H and O–H groups in total.